The maximum Gasteiger partial charge on any atom is 0.325 e. The van der Waals surface area contributed by atoms with Crippen molar-refractivity contribution in [3.63, 3.8) is 0 Å². The molecule has 236 valence electrons. The Morgan fingerprint density at radius 3 is 2.14 bits per heavy atom. The molecule has 1 saturated carbocycles. The molecule has 0 aromatic rings. The summed E-state index contributed by atoms with van der Waals surface area (Å²) in [6, 6.07) is -3.68. The molecule has 43 heavy (non-hydrogen) atoms. The van der Waals surface area contributed by atoms with Gasteiger partial charge in [-0.3, -0.25) is 24.0 Å². The molecule has 3 aliphatic rings. The lowest BCUT2D eigenvalue weighted by atomic mass is 9.80. The lowest BCUT2D eigenvalue weighted by molar-refractivity contribution is -0.147. The molecule has 12 heteroatoms. The molecule has 3 unspecified atom stereocenters. The van der Waals surface area contributed by atoms with Gasteiger partial charge < -0.3 is 31.3 Å². The van der Waals surface area contributed by atoms with Gasteiger partial charge >= 0.3 is 12.0 Å². The maximum absolute atomic E-state index is 13.7. The predicted octanol–water partition coefficient (Wildman–Crippen LogP) is 1.79. The van der Waals surface area contributed by atoms with Crippen molar-refractivity contribution >= 4 is 35.5 Å². The number of nitrogens with two attached hydrogens (primary N) is 1. The first-order valence-corrected chi connectivity index (χ1v) is 14.9. The van der Waals surface area contributed by atoms with Crippen LogP contribution in [0.5, 0.6) is 0 Å². The van der Waals surface area contributed by atoms with Crippen LogP contribution in [0.25, 0.3) is 0 Å². The fraction of sp³-hybridized carbons (Fsp3) is 0.613. The third-order valence-electron chi connectivity index (χ3n) is 8.39. The Balaban J connectivity index is 1.59. The summed E-state index contributed by atoms with van der Waals surface area (Å²) in [5.74, 6) is -3.36. The molecule has 1 saturated heterocycles. The van der Waals surface area contributed by atoms with E-state index in [4.69, 9.17) is 10.5 Å². The van der Waals surface area contributed by atoms with Crippen molar-refractivity contribution in [3.8, 4) is 0 Å². The van der Waals surface area contributed by atoms with Crippen molar-refractivity contribution < 1.29 is 33.5 Å². The molecule has 0 bridgehead atoms. The van der Waals surface area contributed by atoms with Crippen LogP contribution in [0.1, 0.15) is 72.1 Å². The Morgan fingerprint density at radius 1 is 1.00 bits per heavy atom. The Labute approximate surface area is 252 Å². The summed E-state index contributed by atoms with van der Waals surface area (Å²) in [4.78, 5) is 77.7. The first-order valence-electron chi connectivity index (χ1n) is 14.9. The number of ketones is 1. The first kappa shape index (κ1) is 33.5. The molecule has 2 aliphatic carbocycles. The van der Waals surface area contributed by atoms with E-state index in [2.05, 4.69) is 29.1 Å². The van der Waals surface area contributed by atoms with Gasteiger partial charge in [0.05, 0.1) is 6.04 Å². The number of urea groups is 1. The third kappa shape index (κ3) is 8.77. The summed E-state index contributed by atoms with van der Waals surface area (Å²) in [5, 5.41) is 7.79. The molecule has 0 aromatic carbocycles. The smallest absolute Gasteiger partial charge is 0.325 e. The van der Waals surface area contributed by atoms with E-state index in [1.807, 2.05) is 0 Å². The highest BCUT2D eigenvalue weighted by atomic mass is 16.5. The van der Waals surface area contributed by atoms with Gasteiger partial charge in [0.25, 0.3) is 5.91 Å². The standard InChI is InChI=1S/C31H45N5O7/c1-6-19-15-21(16-20(19)7-2)43-24(37)17-33-30(42)35-26(31(3,4)5)29(41)36-13-9-12-23(36)28(40)34-22(25(38)27(32)39)14-18-10-8-11-18/h6-7,18,21-23,26H,1-2,8-17H2,3-5H3,(H2,32,39)(H,34,40)(H2,33,35,42). The van der Waals surface area contributed by atoms with Gasteiger partial charge in [0.1, 0.15) is 24.7 Å². The highest BCUT2D eigenvalue weighted by molar-refractivity contribution is 6.37. The van der Waals surface area contributed by atoms with Gasteiger partial charge in [-0.15, -0.1) is 0 Å². The van der Waals surface area contributed by atoms with Crippen molar-refractivity contribution in [2.75, 3.05) is 13.1 Å². The van der Waals surface area contributed by atoms with E-state index >= 15 is 0 Å². The number of carbonyl (C=O) groups excluding carboxylic acids is 6. The van der Waals surface area contributed by atoms with Crippen LogP contribution in [0.4, 0.5) is 4.79 Å². The number of esters is 1. The van der Waals surface area contributed by atoms with Crippen molar-refractivity contribution in [1.82, 2.24) is 20.9 Å². The van der Waals surface area contributed by atoms with Gasteiger partial charge in [-0.05, 0) is 41.7 Å². The molecule has 0 spiro atoms. The third-order valence-corrected chi connectivity index (χ3v) is 8.39. The van der Waals surface area contributed by atoms with Crippen LogP contribution in [0.2, 0.25) is 0 Å². The van der Waals surface area contributed by atoms with E-state index in [-0.39, 0.29) is 18.6 Å². The summed E-state index contributed by atoms with van der Waals surface area (Å²) in [6.07, 6.45) is 8.19. The number of rotatable bonds is 13. The number of allylic oxidation sites excluding steroid dienone is 2. The number of likely N-dealkylation sites (tertiary alicyclic amines) is 1. The zero-order valence-electron chi connectivity index (χ0n) is 25.4. The number of carbonyl (C=O) groups is 6. The maximum atomic E-state index is 13.7. The molecule has 5 N–H and O–H groups in total. The Hall–Kier alpha value is -3.96. The first-order chi connectivity index (χ1) is 20.2. The van der Waals surface area contributed by atoms with Gasteiger partial charge in [-0.1, -0.05) is 65.3 Å². The zero-order valence-corrected chi connectivity index (χ0v) is 25.4. The van der Waals surface area contributed by atoms with Gasteiger partial charge in [-0.25, -0.2) is 4.79 Å². The molecule has 3 rings (SSSR count). The zero-order chi connectivity index (χ0) is 31.9. The number of hydrogen-bond acceptors (Lipinski definition) is 7. The van der Waals surface area contributed by atoms with Crippen molar-refractivity contribution in [2.45, 2.75) is 96.4 Å². The average molecular weight is 600 g/mol. The second-order valence-electron chi connectivity index (χ2n) is 12.6. The van der Waals surface area contributed by atoms with Crippen LogP contribution in [0.3, 0.4) is 0 Å². The minimum absolute atomic E-state index is 0.226. The lowest BCUT2D eigenvalue weighted by Gasteiger charge is -2.36. The molecule has 12 nitrogen and oxygen atoms in total. The van der Waals surface area contributed by atoms with Crippen molar-refractivity contribution in [3.05, 3.63) is 36.5 Å². The monoisotopic (exact) mass is 599 g/mol. The largest absolute Gasteiger partial charge is 0.460 e. The van der Waals surface area contributed by atoms with Gasteiger partial charge in [0.2, 0.25) is 17.6 Å². The number of nitrogens with one attached hydrogen (secondary N) is 3. The Kier molecular flexibility index (Phi) is 11.3. The minimum Gasteiger partial charge on any atom is -0.460 e. The molecule has 2 fully saturated rings. The lowest BCUT2D eigenvalue weighted by Crippen LogP contribution is -2.60. The van der Waals surface area contributed by atoms with Crippen LogP contribution in [-0.2, 0) is 28.7 Å². The highest BCUT2D eigenvalue weighted by Crippen LogP contribution is 2.32. The SMILES string of the molecule is C=CC1=C(C=C)CC(OC(=O)CNC(=O)NC(C(=O)N2CCCC2C(=O)NC(CC2CCC2)C(=O)C(N)=O)C(C)(C)C)C1. The van der Waals surface area contributed by atoms with E-state index in [1.165, 1.54) is 4.90 Å². The van der Waals surface area contributed by atoms with Crippen LogP contribution >= 0.6 is 0 Å². The summed E-state index contributed by atoms with van der Waals surface area (Å²) < 4.78 is 5.47. The van der Waals surface area contributed by atoms with E-state index in [1.54, 1.807) is 32.9 Å². The van der Waals surface area contributed by atoms with Crippen LogP contribution in [0.15, 0.2) is 36.5 Å². The highest BCUT2D eigenvalue weighted by Gasteiger charge is 2.43. The number of amides is 5. The summed E-state index contributed by atoms with van der Waals surface area (Å²) in [5.41, 5.74) is 6.41. The minimum atomic E-state index is -1.11. The summed E-state index contributed by atoms with van der Waals surface area (Å²) in [7, 11) is 0. The molecule has 1 heterocycles. The van der Waals surface area contributed by atoms with Crippen LogP contribution in [-0.4, -0.2) is 77.7 Å². The molecule has 5 amide bonds. The predicted molar refractivity (Wildman–Crippen MR) is 159 cm³/mol. The fourth-order valence-electron chi connectivity index (χ4n) is 5.75. The molecule has 0 radical (unpaired) electrons. The van der Waals surface area contributed by atoms with E-state index in [9.17, 15) is 28.8 Å². The second-order valence-corrected chi connectivity index (χ2v) is 12.6. The second kappa shape index (κ2) is 14.5. The van der Waals surface area contributed by atoms with Crippen LogP contribution in [0, 0.1) is 11.3 Å². The molecule has 0 aromatic heterocycles. The topological polar surface area (TPSA) is 177 Å². The average Bonchev–Trinajstić information content (AvgIpc) is 3.57. The van der Waals surface area contributed by atoms with Gasteiger partial charge in [0.15, 0.2) is 0 Å². The number of nitrogens with zero attached hydrogens (tertiary/aromatic N) is 1. The molecular formula is C31H45N5O7. The van der Waals surface area contributed by atoms with Crippen molar-refractivity contribution in [1.29, 1.82) is 0 Å². The molecule has 1 aliphatic heterocycles. The molecular weight excluding hydrogens is 554 g/mol. The number of primary amides is 1. The quantitative estimate of drug-likeness (QED) is 0.184. The normalized spacial score (nSPS) is 20.4. The van der Waals surface area contributed by atoms with E-state index in [0.29, 0.717) is 32.1 Å². The Bertz CT molecular complexity index is 1160. The number of Topliss-reactive ketones (excluding diaryl/α,β-unsaturated/α-hetero) is 1. The summed E-state index contributed by atoms with van der Waals surface area (Å²) in [6.45, 7) is 12.7. The number of hydrogen-bond donors (Lipinski definition) is 4. The fourth-order valence-corrected chi connectivity index (χ4v) is 5.75. The van der Waals surface area contributed by atoms with E-state index in [0.717, 1.165) is 30.4 Å². The van der Waals surface area contributed by atoms with Crippen molar-refractivity contribution in [2.24, 2.45) is 17.1 Å². The van der Waals surface area contributed by atoms with Gasteiger partial charge in [-0.2, -0.15) is 0 Å². The number of ether oxygens (including phenoxy) is 1. The summed E-state index contributed by atoms with van der Waals surface area (Å²) >= 11 is 0. The van der Waals surface area contributed by atoms with Gasteiger partial charge in [0, 0.05) is 19.4 Å². The molecule has 3 atom stereocenters. The Morgan fingerprint density at radius 2 is 1.63 bits per heavy atom. The van der Waals surface area contributed by atoms with Crippen LogP contribution < -0.4 is 21.7 Å². The van der Waals surface area contributed by atoms with E-state index < -0.39 is 65.6 Å².